The second-order valence-electron chi connectivity index (χ2n) is 3.63. The minimum absolute atomic E-state index is 0.187. The van der Waals surface area contributed by atoms with Crippen molar-refractivity contribution in [3.63, 3.8) is 0 Å². The van der Waals surface area contributed by atoms with Gasteiger partial charge in [0.2, 0.25) is 5.76 Å². The second-order valence-corrected chi connectivity index (χ2v) is 3.63. The van der Waals surface area contributed by atoms with Crippen LogP contribution in [0.25, 0.3) is 0 Å². The summed E-state index contributed by atoms with van der Waals surface area (Å²) in [6.07, 6.45) is 0.773. The third kappa shape index (κ3) is 3.04. The molecule has 0 aliphatic rings. The predicted molar refractivity (Wildman–Crippen MR) is 56.1 cm³/mol. The number of likely N-dealkylation sites (N-methyl/N-ethyl adjacent to an activating group) is 1. The number of aliphatic hydroxyl groups excluding tert-OH is 1. The molecule has 0 bridgehead atoms. The molecule has 1 rings (SSSR count). The van der Waals surface area contributed by atoms with Gasteiger partial charge in [-0.15, -0.1) is 0 Å². The van der Waals surface area contributed by atoms with E-state index in [1.807, 2.05) is 0 Å². The van der Waals surface area contributed by atoms with Crippen molar-refractivity contribution in [1.29, 1.82) is 0 Å². The van der Waals surface area contributed by atoms with Gasteiger partial charge in [0.05, 0.1) is 18.9 Å². The van der Waals surface area contributed by atoms with Crippen LogP contribution in [0.15, 0.2) is 10.7 Å². The maximum atomic E-state index is 11.8. The van der Waals surface area contributed by atoms with E-state index in [9.17, 15) is 9.90 Å². The van der Waals surface area contributed by atoms with E-state index in [1.54, 1.807) is 14.0 Å². The zero-order chi connectivity index (χ0) is 12.1. The topological polar surface area (TPSA) is 75.8 Å². The number of aliphatic hydroxyl groups is 1. The number of nitrogens with zero attached hydrogens (tertiary/aromatic N) is 2. The zero-order valence-corrected chi connectivity index (χ0v) is 9.64. The third-order valence-corrected chi connectivity index (χ3v) is 2.13. The Morgan fingerprint density at radius 3 is 2.94 bits per heavy atom. The Morgan fingerprint density at radius 1 is 1.75 bits per heavy atom. The first kappa shape index (κ1) is 12.7. The third-order valence-electron chi connectivity index (χ3n) is 2.13. The SMILES string of the molecule is COCC(O)CN(C)C(=O)c1oncc1C. The lowest BCUT2D eigenvalue weighted by molar-refractivity contribution is 0.0363. The molecule has 0 aromatic carbocycles. The van der Waals surface area contributed by atoms with Gasteiger partial charge in [-0.3, -0.25) is 4.79 Å². The van der Waals surface area contributed by atoms with E-state index in [1.165, 1.54) is 18.2 Å². The largest absolute Gasteiger partial charge is 0.389 e. The molecule has 0 saturated heterocycles. The number of ether oxygens (including phenoxy) is 1. The van der Waals surface area contributed by atoms with Gasteiger partial charge in [-0.1, -0.05) is 5.16 Å². The van der Waals surface area contributed by atoms with Gasteiger partial charge in [-0.25, -0.2) is 0 Å². The van der Waals surface area contributed by atoms with Crippen molar-refractivity contribution in [2.24, 2.45) is 0 Å². The van der Waals surface area contributed by atoms with Gasteiger partial charge in [0, 0.05) is 26.3 Å². The molecule has 1 amide bonds. The second kappa shape index (κ2) is 5.62. The van der Waals surface area contributed by atoms with E-state index < -0.39 is 6.10 Å². The van der Waals surface area contributed by atoms with Gasteiger partial charge in [0.15, 0.2) is 0 Å². The first-order valence-electron chi connectivity index (χ1n) is 4.90. The van der Waals surface area contributed by atoms with Crippen LogP contribution in [0.3, 0.4) is 0 Å². The number of aromatic nitrogens is 1. The quantitative estimate of drug-likeness (QED) is 0.771. The Morgan fingerprint density at radius 2 is 2.44 bits per heavy atom. The minimum atomic E-state index is -0.706. The number of hydrogen-bond acceptors (Lipinski definition) is 5. The lowest BCUT2D eigenvalue weighted by Crippen LogP contribution is -2.36. The van der Waals surface area contributed by atoms with Crippen LogP contribution in [0.5, 0.6) is 0 Å². The van der Waals surface area contributed by atoms with Crippen molar-refractivity contribution >= 4 is 5.91 Å². The molecule has 90 valence electrons. The molecule has 0 spiro atoms. The Balaban J connectivity index is 2.58. The molecule has 6 heteroatoms. The van der Waals surface area contributed by atoms with Gasteiger partial charge in [0.25, 0.3) is 5.91 Å². The van der Waals surface area contributed by atoms with E-state index >= 15 is 0 Å². The Bertz CT molecular complexity index is 350. The van der Waals surface area contributed by atoms with Crippen LogP contribution < -0.4 is 0 Å². The van der Waals surface area contributed by atoms with Crippen LogP contribution in [0.4, 0.5) is 0 Å². The van der Waals surface area contributed by atoms with Crippen molar-refractivity contribution in [1.82, 2.24) is 10.1 Å². The molecular formula is C10H16N2O4. The Kier molecular flexibility index (Phi) is 4.45. The van der Waals surface area contributed by atoms with Crippen molar-refractivity contribution in [3.8, 4) is 0 Å². The minimum Gasteiger partial charge on any atom is -0.389 e. The molecule has 1 N–H and O–H groups in total. The monoisotopic (exact) mass is 228 g/mol. The summed E-state index contributed by atoms with van der Waals surface area (Å²) in [7, 11) is 3.08. The molecule has 0 aliphatic heterocycles. The van der Waals surface area contributed by atoms with Gasteiger partial charge >= 0.3 is 0 Å². The van der Waals surface area contributed by atoms with E-state index in [-0.39, 0.29) is 24.8 Å². The van der Waals surface area contributed by atoms with Gasteiger partial charge in [-0.05, 0) is 6.92 Å². The van der Waals surface area contributed by atoms with Gasteiger partial charge < -0.3 is 19.3 Å². The summed E-state index contributed by atoms with van der Waals surface area (Å²) < 4.78 is 9.61. The molecule has 1 heterocycles. The first-order chi connectivity index (χ1) is 7.56. The molecule has 0 fully saturated rings. The summed E-state index contributed by atoms with van der Waals surface area (Å²) in [5.74, 6) is -0.0998. The summed E-state index contributed by atoms with van der Waals surface area (Å²) in [5.41, 5.74) is 0.679. The maximum absolute atomic E-state index is 11.8. The fraction of sp³-hybridized carbons (Fsp3) is 0.600. The Labute approximate surface area is 93.8 Å². The van der Waals surface area contributed by atoms with Gasteiger partial charge in [-0.2, -0.15) is 0 Å². The Hall–Kier alpha value is -1.40. The lowest BCUT2D eigenvalue weighted by Gasteiger charge is -2.19. The maximum Gasteiger partial charge on any atom is 0.292 e. The highest BCUT2D eigenvalue weighted by Crippen LogP contribution is 2.09. The van der Waals surface area contributed by atoms with E-state index in [0.29, 0.717) is 5.56 Å². The molecule has 1 aromatic rings. The van der Waals surface area contributed by atoms with Crippen LogP contribution in [-0.2, 0) is 4.74 Å². The van der Waals surface area contributed by atoms with E-state index in [0.717, 1.165) is 0 Å². The highest BCUT2D eigenvalue weighted by atomic mass is 16.5. The van der Waals surface area contributed by atoms with Crippen LogP contribution in [0.1, 0.15) is 16.1 Å². The number of carbonyl (C=O) groups excluding carboxylic acids is 1. The summed E-state index contributed by atoms with van der Waals surface area (Å²) in [4.78, 5) is 13.2. The number of aryl methyl sites for hydroxylation is 1. The van der Waals surface area contributed by atoms with Crippen molar-refractivity contribution in [3.05, 3.63) is 17.5 Å². The number of carbonyl (C=O) groups is 1. The molecule has 1 unspecified atom stereocenters. The summed E-state index contributed by atoms with van der Waals surface area (Å²) >= 11 is 0. The van der Waals surface area contributed by atoms with Crippen molar-refractivity contribution in [2.75, 3.05) is 27.3 Å². The average molecular weight is 228 g/mol. The molecular weight excluding hydrogens is 212 g/mol. The summed E-state index contributed by atoms with van der Waals surface area (Å²) in [5, 5.41) is 13.0. The zero-order valence-electron chi connectivity index (χ0n) is 9.64. The van der Waals surface area contributed by atoms with Crippen molar-refractivity contribution in [2.45, 2.75) is 13.0 Å². The number of hydrogen-bond donors (Lipinski definition) is 1. The number of rotatable bonds is 5. The van der Waals surface area contributed by atoms with Gasteiger partial charge in [0.1, 0.15) is 0 Å². The number of amides is 1. The highest BCUT2D eigenvalue weighted by Gasteiger charge is 2.20. The fourth-order valence-electron chi connectivity index (χ4n) is 1.31. The smallest absolute Gasteiger partial charge is 0.292 e. The average Bonchev–Trinajstić information content (AvgIpc) is 2.63. The standard InChI is InChI=1S/C10H16N2O4/c1-7-4-11-16-9(7)10(14)12(2)5-8(13)6-15-3/h4,8,13H,5-6H2,1-3H3. The van der Waals surface area contributed by atoms with E-state index in [4.69, 9.17) is 9.26 Å². The highest BCUT2D eigenvalue weighted by molar-refractivity contribution is 5.92. The van der Waals surface area contributed by atoms with Crippen LogP contribution in [-0.4, -0.2) is 54.5 Å². The van der Waals surface area contributed by atoms with Crippen LogP contribution in [0, 0.1) is 6.92 Å². The molecule has 1 atom stereocenters. The van der Waals surface area contributed by atoms with Crippen LogP contribution in [0.2, 0.25) is 0 Å². The molecule has 0 aliphatic carbocycles. The first-order valence-corrected chi connectivity index (χ1v) is 4.90. The molecule has 16 heavy (non-hydrogen) atoms. The lowest BCUT2D eigenvalue weighted by atomic mass is 10.2. The summed E-state index contributed by atoms with van der Waals surface area (Å²) in [6, 6.07) is 0. The molecule has 0 radical (unpaired) electrons. The molecule has 0 saturated carbocycles. The predicted octanol–water partition coefficient (Wildman–Crippen LogP) is 0.0623. The fourth-order valence-corrected chi connectivity index (χ4v) is 1.31. The number of methoxy groups -OCH3 is 1. The summed E-state index contributed by atoms with van der Waals surface area (Å²) in [6.45, 7) is 2.11. The van der Waals surface area contributed by atoms with Crippen molar-refractivity contribution < 1.29 is 19.2 Å². The molecule has 6 nitrogen and oxygen atoms in total. The van der Waals surface area contributed by atoms with E-state index in [2.05, 4.69) is 5.16 Å². The van der Waals surface area contributed by atoms with Crippen LogP contribution >= 0.6 is 0 Å². The molecule has 1 aromatic heterocycles. The normalized spacial score (nSPS) is 12.5.